The average molecular weight is 251 g/mol. The fraction of sp³-hybridized carbons (Fsp3) is 0.267. The first-order valence-corrected chi connectivity index (χ1v) is 6.23. The molecule has 0 saturated heterocycles. The summed E-state index contributed by atoms with van der Waals surface area (Å²) >= 11 is 0. The molecule has 0 bridgehead atoms. The van der Waals surface area contributed by atoms with Crippen LogP contribution >= 0.6 is 0 Å². The van der Waals surface area contributed by atoms with Crippen LogP contribution in [0, 0.1) is 18.3 Å². The zero-order valence-electron chi connectivity index (χ0n) is 10.8. The van der Waals surface area contributed by atoms with Gasteiger partial charge < -0.3 is 4.57 Å². The van der Waals surface area contributed by atoms with Crippen LogP contribution in [-0.2, 0) is 6.42 Å². The van der Waals surface area contributed by atoms with Crippen molar-refractivity contribution in [3.63, 3.8) is 0 Å². The number of hydrogen-bond acceptors (Lipinski definition) is 3. The molecule has 0 radical (unpaired) electrons. The number of fused-ring (bicyclic) bond motifs is 3. The standard InChI is InChI=1S/C15H13N3O/c1-9-3-4-11-5-10(2)18-8-12(7-16)14(19)6-13(18)15(11)17-9/h3-4,6,8,10H,5H2,1-2H3/t10-/m1/s1. The van der Waals surface area contributed by atoms with Gasteiger partial charge in [0, 0.05) is 24.0 Å². The molecule has 1 aliphatic heterocycles. The van der Waals surface area contributed by atoms with E-state index in [2.05, 4.69) is 18.0 Å². The highest BCUT2D eigenvalue weighted by molar-refractivity contribution is 5.62. The van der Waals surface area contributed by atoms with Gasteiger partial charge in [0.15, 0.2) is 5.43 Å². The lowest BCUT2D eigenvalue weighted by Crippen LogP contribution is -2.22. The fourth-order valence-electron chi connectivity index (χ4n) is 2.58. The maximum absolute atomic E-state index is 11.9. The zero-order chi connectivity index (χ0) is 13.6. The normalized spacial score (nSPS) is 16.4. The highest BCUT2D eigenvalue weighted by atomic mass is 16.1. The predicted molar refractivity (Wildman–Crippen MR) is 71.8 cm³/mol. The van der Waals surface area contributed by atoms with Crippen molar-refractivity contribution in [2.75, 3.05) is 0 Å². The van der Waals surface area contributed by atoms with Gasteiger partial charge in [-0.2, -0.15) is 5.26 Å². The second kappa shape index (κ2) is 4.06. The third-order valence-corrected chi connectivity index (χ3v) is 3.55. The lowest BCUT2D eigenvalue weighted by Gasteiger charge is -2.27. The van der Waals surface area contributed by atoms with Gasteiger partial charge >= 0.3 is 0 Å². The van der Waals surface area contributed by atoms with Crippen LogP contribution in [0.3, 0.4) is 0 Å². The first kappa shape index (κ1) is 11.7. The molecule has 3 rings (SSSR count). The first-order chi connectivity index (χ1) is 9.10. The zero-order valence-corrected chi connectivity index (χ0v) is 10.8. The monoisotopic (exact) mass is 251 g/mol. The van der Waals surface area contributed by atoms with Crippen molar-refractivity contribution < 1.29 is 0 Å². The van der Waals surface area contributed by atoms with Gasteiger partial charge in [0.05, 0.1) is 11.4 Å². The van der Waals surface area contributed by atoms with Crippen molar-refractivity contribution in [2.45, 2.75) is 26.3 Å². The molecular formula is C15H13N3O. The highest BCUT2D eigenvalue weighted by Crippen LogP contribution is 2.32. The Kier molecular flexibility index (Phi) is 2.49. The van der Waals surface area contributed by atoms with Gasteiger partial charge in [-0.25, -0.2) is 0 Å². The third-order valence-electron chi connectivity index (χ3n) is 3.55. The summed E-state index contributed by atoms with van der Waals surface area (Å²) in [6.07, 6.45) is 2.51. The minimum Gasteiger partial charge on any atom is -0.342 e. The van der Waals surface area contributed by atoms with Crippen molar-refractivity contribution >= 4 is 0 Å². The molecule has 0 aromatic carbocycles. The Morgan fingerprint density at radius 2 is 2.26 bits per heavy atom. The molecule has 2 aromatic rings. The van der Waals surface area contributed by atoms with Gasteiger partial charge in [0.25, 0.3) is 0 Å². The molecule has 4 nitrogen and oxygen atoms in total. The molecule has 3 heterocycles. The lowest BCUT2D eigenvalue weighted by atomic mass is 9.97. The van der Waals surface area contributed by atoms with Crippen LogP contribution in [0.5, 0.6) is 0 Å². The maximum atomic E-state index is 11.9. The Bertz CT molecular complexity index is 768. The predicted octanol–water partition coefficient (Wildman–Crippen LogP) is 2.21. The first-order valence-electron chi connectivity index (χ1n) is 6.23. The quantitative estimate of drug-likeness (QED) is 0.721. The molecule has 19 heavy (non-hydrogen) atoms. The number of hydrogen-bond donors (Lipinski definition) is 0. The molecule has 0 fully saturated rings. The molecule has 0 aliphatic carbocycles. The van der Waals surface area contributed by atoms with Crippen LogP contribution in [0.25, 0.3) is 11.4 Å². The van der Waals surface area contributed by atoms with E-state index in [1.165, 1.54) is 6.07 Å². The summed E-state index contributed by atoms with van der Waals surface area (Å²) in [5, 5.41) is 8.97. The Hall–Kier alpha value is -2.41. The van der Waals surface area contributed by atoms with E-state index in [1.807, 2.05) is 23.6 Å². The summed E-state index contributed by atoms with van der Waals surface area (Å²) in [6, 6.07) is 7.76. The van der Waals surface area contributed by atoms with Gasteiger partial charge in [-0.15, -0.1) is 0 Å². The number of rotatable bonds is 0. The molecule has 4 heteroatoms. The van der Waals surface area contributed by atoms with Crippen LogP contribution in [-0.4, -0.2) is 9.55 Å². The van der Waals surface area contributed by atoms with Gasteiger partial charge in [0.2, 0.25) is 0 Å². The van der Waals surface area contributed by atoms with Gasteiger partial charge in [0.1, 0.15) is 11.6 Å². The molecule has 1 aliphatic rings. The van der Waals surface area contributed by atoms with Gasteiger partial charge in [-0.05, 0) is 31.9 Å². The summed E-state index contributed by atoms with van der Waals surface area (Å²) in [6.45, 7) is 4.02. The minimum atomic E-state index is -0.239. The van der Waals surface area contributed by atoms with Crippen molar-refractivity contribution in [1.82, 2.24) is 9.55 Å². The number of nitriles is 1. The lowest BCUT2D eigenvalue weighted by molar-refractivity contribution is 0.530. The van der Waals surface area contributed by atoms with Crippen LogP contribution in [0.1, 0.15) is 29.8 Å². The Morgan fingerprint density at radius 1 is 1.47 bits per heavy atom. The van der Waals surface area contributed by atoms with Gasteiger partial charge in [-0.1, -0.05) is 6.07 Å². The molecule has 0 spiro atoms. The van der Waals surface area contributed by atoms with E-state index in [0.717, 1.165) is 29.1 Å². The molecule has 0 amide bonds. The Balaban J connectivity index is 2.34. The second-order valence-corrected chi connectivity index (χ2v) is 4.97. The molecule has 1 atom stereocenters. The van der Waals surface area contributed by atoms with Crippen molar-refractivity contribution in [3.8, 4) is 17.5 Å². The summed E-state index contributed by atoms with van der Waals surface area (Å²) < 4.78 is 1.98. The highest BCUT2D eigenvalue weighted by Gasteiger charge is 2.22. The van der Waals surface area contributed by atoms with Crippen molar-refractivity contribution in [2.24, 2.45) is 0 Å². The second-order valence-electron chi connectivity index (χ2n) is 4.97. The topological polar surface area (TPSA) is 58.7 Å². The smallest absolute Gasteiger partial charge is 0.199 e. The number of nitrogens with zero attached hydrogens (tertiary/aromatic N) is 3. The summed E-state index contributed by atoms with van der Waals surface area (Å²) in [4.78, 5) is 16.4. The number of aromatic nitrogens is 2. The van der Waals surface area contributed by atoms with E-state index < -0.39 is 0 Å². The van der Waals surface area contributed by atoms with Crippen LogP contribution in [0.4, 0.5) is 0 Å². The maximum Gasteiger partial charge on any atom is 0.199 e. The van der Waals surface area contributed by atoms with Crippen LogP contribution in [0.15, 0.2) is 29.2 Å². The molecule has 94 valence electrons. The van der Waals surface area contributed by atoms with E-state index in [0.29, 0.717) is 0 Å². The SMILES string of the molecule is Cc1ccc2c(n1)-c1cc(=O)c(C#N)cn1[C@H](C)C2. The molecule has 2 aromatic heterocycles. The molecule has 0 saturated carbocycles. The molecular weight excluding hydrogens is 238 g/mol. The number of aryl methyl sites for hydroxylation is 1. The average Bonchev–Trinajstić information content (AvgIpc) is 2.39. The van der Waals surface area contributed by atoms with E-state index in [-0.39, 0.29) is 17.0 Å². The van der Waals surface area contributed by atoms with Crippen molar-refractivity contribution in [1.29, 1.82) is 5.26 Å². The van der Waals surface area contributed by atoms with E-state index in [4.69, 9.17) is 5.26 Å². The molecule has 0 unspecified atom stereocenters. The van der Waals surface area contributed by atoms with Crippen molar-refractivity contribution in [3.05, 3.63) is 51.4 Å². The largest absolute Gasteiger partial charge is 0.342 e. The fourth-order valence-corrected chi connectivity index (χ4v) is 2.58. The summed E-state index contributed by atoms with van der Waals surface area (Å²) in [5.41, 5.74) is 3.70. The summed E-state index contributed by atoms with van der Waals surface area (Å²) in [7, 11) is 0. The number of pyridine rings is 2. The Morgan fingerprint density at radius 3 is 3.00 bits per heavy atom. The minimum absolute atomic E-state index is 0.187. The summed E-state index contributed by atoms with van der Waals surface area (Å²) in [5.74, 6) is 0. The van der Waals surface area contributed by atoms with E-state index >= 15 is 0 Å². The van der Waals surface area contributed by atoms with E-state index in [9.17, 15) is 4.79 Å². The molecule has 0 N–H and O–H groups in total. The van der Waals surface area contributed by atoms with Gasteiger partial charge in [-0.3, -0.25) is 9.78 Å². The van der Waals surface area contributed by atoms with Crippen LogP contribution < -0.4 is 5.43 Å². The van der Waals surface area contributed by atoms with Crippen LogP contribution in [0.2, 0.25) is 0 Å². The Labute approximate surface area is 111 Å². The third kappa shape index (κ3) is 1.75. The van der Waals surface area contributed by atoms with E-state index in [1.54, 1.807) is 6.20 Å².